The molecular formula is C26H23FN2O. The molecule has 3 N–H and O–H groups in total. The molecule has 0 radical (unpaired) electrons. The third-order valence-electron chi connectivity index (χ3n) is 5.19. The van der Waals surface area contributed by atoms with Crippen LogP contribution in [0.25, 0.3) is 17.2 Å². The predicted octanol–water partition coefficient (Wildman–Crippen LogP) is 4.93. The molecular weight excluding hydrogens is 375 g/mol. The highest BCUT2D eigenvalue weighted by Crippen LogP contribution is 2.38. The summed E-state index contributed by atoms with van der Waals surface area (Å²) in [7, 11) is 0. The maximum atomic E-state index is 13.9. The van der Waals surface area contributed by atoms with Crippen molar-refractivity contribution in [2.45, 2.75) is 19.5 Å². The average Bonchev–Trinajstić information content (AvgIpc) is 3.09. The van der Waals surface area contributed by atoms with Gasteiger partial charge >= 0.3 is 0 Å². The highest BCUT2D eigenvalue weighted by molar-refractivity contribution is 6.05. The first kappa shape index (κ1) is 19.8. The van der Waals surface area contributed by atoms with Crippen LogP contribution in [0.5, 0.6) is 0 Å². The van der Waals surface area contributed by atoms with Gasteiger partial charge in [0, 0.05) is 13.1 Å². The molecule has 0 atom stereocenters. The van der Waals surface area contributed by atoms with Crippen molar-refractivity contribution >= 4 is 23.1 Å². The van der Waals surface area contributed by atoms with Crippen LogP contribution in [0, 0.1) is 5.82 Å². The topological polar surface area (TPSA) is 55.1 Å². The number of benzene rings is 3. The Morgan fingerprint density at radius 1 is 0.933 bits per heavy atom. The number of halogens is 1. The van der Waals surface area contributed by atoms with E-state index in [1.807, 2.05) is 66.7 Å². The molecule has 1 amide bonds. The van der Waals surface area contributed by atoms with Crippen LogP contribution in [0.1, 0.15) is 34.2 Å². The number of allylic oxidation sites excluding steroid dienone is 2. The molecule has 0 unspecified atom stereocenters. The molecule has 0 spiro atoms. The molecule has 1 aliphatic carbocycles. The van der Waals surface area contributed by atoms with E-state index < -0.39 is 0 Å². The van der Waals surface area contributed by atoms with Gasteiger partial charge in [0.15, 0.2) is 0 Å². The number of amides is 1. The van der Waals surface area contributed by atoms with Crippen molar-refractivity contribution in [3.8, 4) is 0 Å². The molecule has 0 fully saturated rings. The van der Waals surface area contributed by atoms with Gasteiger partial charge in [-0.25, -0.2) is 4.39 Å². The summed E-state index contributed by atoms with van der Waals surface area (Å²) in [6, 6.07) is 22.5. The van der Waals surface area contributed by atoms with E-state index in [1.165, 1.54) is 12.1 Å². The molecule has 0 heterocycles. The maximum absolute atomic E-state index is 13.9. The zero-order valence-corrected chi connectivity index (χ0v) is 16.6. The number of hydrogen-bond acceptors (Lipinski definition) is 2. The lowest BCUT2D eigenvalue weighted by Crippen LogP contribution is -2.22. The third-order valence-corrected chi connectivity index (χ3v) is 5.19. The van der Waals surface area contributed by atoms with E-state index >= 15 is 0 Å². The molecule has 0 bridgehead atoms. The van der Waals surface area contributed by atoms with Crippen molar-refractivity contribution in [3.63, 3.8) is 0 Å². The van der Waals surface area contributed by atoms with Crippen molar-refractivity contribution in [2.24, 2.45) is 5.73 Å². The Morgan fingerprint density at radius 3 is 2.43 bits per heavy atom. The highest BCUT2D eigenvalue weighted by atomic mass is 19.1. The van der Waals surface area contributed by atoms with Crippen LogP contribution in [-0.2, 0) is 17.9 Å². The summed E-state index contributed by atoms with van der Waals surface area (Å²) in [4.78, 5) is 12.5. The molecule has 0 aliphatic heterocycles. The van der Waals surface area contributed by atoms with Crippen LogP contribution in [0.15, 0.2) is 78.9 Å². The second kappa shape index (κ2) is 8.89. The van der Waals surface area contributed by atoms with E-state index in [4.69, 9.17) is 5.73 Å². The zero-order valence-electron chi connectivity index (χ0n) is 16.6. The van der Waals surface area contributed by atoms with Crippen molar-refractivity contribution in [1.82, 2.24) is 5.32 Å². The number of carbonyl (C=O) groups excluding carboxylic acids is 1. The maximum Gasteiger partial charge on any atom is 0.224 e. The van der Waals surface area contributed by atoms with Crippen molar-refractivity contribution in [2.75, 3.05) is 0 Å². The number of nitrogens with two attached hydrogens (primary N) is 1. The normalized spacial score (nSPS) is 13.8. The SMILES string of the molecule is NCc1ccc(/C=C2\C=C(CC(=O)NCc3ccccc3)c3cc(F)ccc32)cc1. The number of rotatable bonds is 6. The van der Waals surface area contributed by atoms with Crippen LogP contribution in [-0.4, -0.2) is 5.91 Å². The van der Waals surface area contributed by atoms with E-state index in [9.17, 15) is 9.18 Å². The molecule has 30 heavy (non-hydrogen) atoms. The average molecular weight is 398 g/mol. The summed E-state index contributed by atoms with van der Waals surface area (Å²) in [5.74, 6) is -0.397. The molecule has 0 saturated heterocycles. The number of carbonyl (C=O) groups is 1. The zero-order chi connectivity index (χ0) is 20.9. The fourth-order valence-electron chi connectivity index (χ4n) is 3.60. The van der Waals surface area contributed by atoms with Gasteiger partial charge in [-0.05, 0) is 63.2 Å². The number of nitrogens with one attached hydrogen (secondary N) is 1. The Labute approximate surface area is 175 Å². The minimum atomic E-state index is -0.308. The van der Waals surface area contributed by atoms with E-state index in [0.717, 1.165) is 39.0 Å². The Morgan fingerprint density at radius 2 is 1.70 bits per heavy atom. The second-order valence-electron chi connectivity index (χ2n) is 7.34. The quantitative estimate of drug-likeness (QED) is 0.619. The molecule has 4 heteroatoms. The first-order valence-electron chi connectivity index (χ1n) is 9.94. The number of fused-ring (bicyclic) bond motifs is 1. The first-order chi connectivity index (χ1) is 14.6. The van der Waals surface area contributed by atoms with Gasteiger partial charge in [0.1, 0.15) is 5.82 Å². The van der Waals surface area contributed by atoms with Crippen molar-refractivity contribution in [1.29, 1.82) is 0 Å². The van der Waals surface area contributed by atoms with Gasteiger partial charge in [-0.15, -0.1) is 0 Å². The summed E-state index contributed by atoms with van der Waals surface area (Å²) >= 11 is 0. The Kier molecular flexibility index (Phi) is 5.87. The van der Waals surface area contributed by atoms with Gasteiger partial charge in [-0.2, -0.15) is 0 Å². The van der Waals surface area contributed by atoms with Crippen LogP contribution < -0.4 is 11.1 Å². The highest BCUT2D eigenvalue weighted by Gasteiger charge is 2.21. The van der Waals surface area contributed by atoms with E-state index in [0.29, 0.717) is 13.1 Å². The first-order valence-corrected chi connectivity index (χ1v) is 9.94. The van der Waals surface area contributed by atoms with Gasteiger partial charge in [0.05, 0.1) is 6.42 Å². The fourth-order valence-corrected chi connectivity index (χ4v) is 3.60. The Bertz CT molecular complexity index is 1120. The summed E-state index contributed by atoms with van der Waals surface area (Å²) in [6.07, 6.45) is 4.22. The van der Waals surface area contributed by atoms with Gasteiger partial charge in [0.2, 0.25) is 5.91 Å². The lowest BCUT2D eigenvalue weighted by atomic mass is 10.0. The molecule has 3 aromatic rings. The van der Waals surface area contributed by atoms with E-state index in [-0.39, 0.29) is 18.1 Å². The minimum absolute atomic E-state index is 0.0890. The Hall–Kier alpha value is -3.50. The van der Waals surface area contributed by atoms with Crippen molar-refractivity contribution < 1.29 is 9.18 Å². The van der Waals surface area contributed by atoms with E-state index in [2.05, 4.69) is 5.32 Å². The van der Waals surface area contributed by atoms with Gasteiger partial charge in [-0.3, -0.25) is 4.79 Å². The van der Waals surface area contributed by atoms with Crippen LogP contribution in [0.4, 0.5) is 4.39 Å². The van der Waals surface area contributed by atoms with Gasteiger partial charge in [-0.1, -0.05) is 60.7 Å². The summed E-state index contributed by atoms with van der Waals surface area (Å²) in [6.45, 7) is 0.972. The minimum Gasteiger partial charge on any atom is -0.352 e. The number of hydrogen-bond donors (Lipinski definition) is 2. The van der Waals surface area contributed by atoms with Crippen LogP contribution >= 0.6 is 0 Å². The second-order valence-corrected chi connectivity index (χ2v) is 7.34. The smallest absolute Gasteiger partial charge is 0.224 e. The molecule has 0 aromatic heterocycles. The summed E-state index contributed by atoms with van der Waals surface area (Å²) in [5, 5.41) is 2.94. The summed E-state index contributed by atoms with van der Waals surface area (Å²) < 4.78 is 13.9. The standard InChI is InChI=1S/C26H23FN2O/c27-23-10-11-24-21(12-18-6-8-19(16-28)9-7-18)13-22(25(24)15-23)14-26(30)29-17-20-4-2-1-3-5-20/h1-13,15H,14,16-17,28H2,(H,29,30)/b21-12+. The molecule has 0 saturated carbocycles. The largest absolute Gasteiger partial charge is 0.352 e. The molecule has 150 valence electrons. The molecule has 4 rings (SSSR count). The van der Waals surface area contributed by atoms with Crippen molar-refractivity contribution in [3.05, 3.63) is 113 Å². The lowest BCUT2D eigenvalue weighted by molar-refractivity contribution is -0.120. The molecule has 1 aliphatic rings. The summed E-state index contributed by atoms with van der Waals surface area (Å²) in [5.41, 5.74) is 12.3. The predicted molar refractivity (Wildman–Crippen MR) is 119 cm³/mol. The fraction of sp³-hybridized carbons (Fsp3) is 0.115. The lowest BCUT2D eigenvalue weighted by Gasteiger charge is -2.08. The van der Waals surface area contributed by atoms with E-state index in [1.54, 1.807) is 6.07 Å². The van der Waals surface area contributed by atoms with Crippen LogP contribution in [0.2, 0.25) is 0 Å². The third kappa shape index (κ3) is 4.56. The Balaban J connectivity index is 1.55. The van der Waals surface area contributed by atoms with Gasteiger partial charge < -0.3 is 11.1 Å². The van der Waals surface area contributed by atoms with Gasteiger partial charge in [0.25, 0.3) is 0 Å². The van der Waals surface area contributed by atoms with Crippen LogP contribution in [0.3, 0.4) is 0 Å². The molecule has 3 nitrogen and oxygen atoms in total. The monoisotopic (exact) mass is 398 g/mol. The molecule has 3 aromatic carbocycles.